The number of rotatable bonds is 6. The highest BCUT2D eigenvalue weighted by Crippen LogP contribution is 2.18. The van der Waals surface area contributed by atoms with E-state index < -0.39 is 10.0 Å². The van der Waals surface area contributed by atoms with Crippen molar-refractivity contribution in [1.82, 2.24) is 19.9 Å². The van der Waals surface area contributed by atoms with Crippen LogP contribution in [0.25, 0.3) is 0 Å². The minimum Gasteiger partial charge on any atom is -0.356 e. The van der Waals surface area contributed by atoms with Gasteiger partial charge in [-0.25, -0.2) is 12.7 Å². The van der Waals surface area contributed by atoms with Gasteiger partial charge in [0.25, 0.3) is 0 Å². The maximum absolute atomic E-state index is 11.5. The first-order valence-electron chi connectivity index (χ1n) is 8.28. The van der Waals surface area contributed by atoms with Gasteiger partial charge in [0, 0.05) is 51.5 Å². The van der Waals surface area contributed by atoms with Crippen molar-refractivity contribution in [1.29, 1.82) is 0 Å². The maximum Gasteiger partial charge on any atom is 0.211 e. The molecule has 1 saturated heterocycles. The molecule has 0 aliphatic carbocycles. The fourth-order valence-electron chi connectivity index (χ4n) is 2.76. The van der Waals surface area contributed by atoms with E-state index in [1.807, 2.05) is 18.2 Å². The molecule has 24 heavy (non-hydrogen) atoms. The molecule has 0 radical (unpaired) electrons. The predicted octanol–water partition coefficient (Wildman–Crippen LogP) is 0.461. The maximum atomic E-state index is 11.5. The van der Waals surface area contributed by atoms with E-state index in [1.54, 1.807) is 17.5 Å². The van der Waals surface area contributed by atoms with E-state index in [-0.39, 0.29) is 0 Å². The zero-order chi connectivity index (χ0) is 17.4. The smallest absolute Gasteiger partial charge is 0.211 e. The highest BCUT2D eigenvalue weighted by Gasteiger charge is 2.24. The first-order valence-corrected chi connectivity index (χ1v) is 10.1. The summed E-state index contributed by atoms with van der Waals surface area (Å²) in [7, 11) is -1.30. The average Bonchev–Trinajstić information content (AvgIpc) is 2.58. The molecule has 1 aliphatic rings. The van der Waals surface area contributed by atoms with Gasteiger partial charge in [-0.1, -0.05) is 6.07 Å². The van der Waals surface area contributed by atoms with Crippen molar-refractivity contribution in [2.45, 2.75) is 19.3 Å². The Bertz CT molecular complexity index is 625. The molecule has 0 atom stereocenters. The molecule has 1 fully saturated rings. The van der Waals surface area contributed by atoms with Gasteiger partial charge in [-0.15, -0.1) is 0 Å². The second-order valence-electron chi connectivity index (χ2n) is 6.06. The lowest BCUT2D eigenvalue weighted by atomic mass is 9.98. The summed E-state index contributed by atoms with van der Waals surface area (Å²) in [5.41, 5.74) is 1.05. The van der Waals surface area contributed by atoms with Crippen LogP contribution in [0.15, 0.2) is 29.4 Å². The van der Waals surface area contributed by atoms with Crippen molar-refractivity contribution in [2.24, 2.45) is 10.9 Å². The molecule has 8 heteroatoms. The Morgan fingerprint density at radius 1 is 1.33 bits per heavy atom. The Balaban J connectivity index is 1.67. The third-order valence-corrected chi connectivity index (χ3v) is 5.53. The Morgan fingerprint density at radius 2 is 2.08 bits per heavy atom. The van der Waals surface area contributed by atoms with Crippen LogP contribution in [-0.2, 0) is 16.4 Å². The van der Waals surface area contributed by atoms with Crippen molar-refractivity contribution in [3.63, 3.8) is 0 Å². The van der Waals surface area contributed by atoms with Gasteiger partial charge in [-0.3, -0.25) is 9.98 Å². The van der Waals surface area contributed by atoms with Crippen molar-refractivity contribution >= 4 is 16.0 Å². The summed E-state index contributed by atoms with van der Waals surface area (Å²) >= 11 is 0. The molecule has 1 aromatic heterocycles. The van der Waals surface area contributed by atoms with Crippen molar-refractivity contribution in [2.75, 3.05) is 39.5 Å². The first kappa shape index (κ1) is 18.7. The minimum atomic E-state index is -3.05. The van der Waals surface area contributed by atoms with Gasteiger partial charge in [-0.05, 0) is 30.9 Å². The topological polar surface area (TPSA) is 86.7 Å². The summed E-state index contributed by atoms with van der Waals surface area (Å²) in [6.45, 7) is 2.79. The number of hydrogen-bond acceptors (Lipinski definition) is 4. The normalized spacial score (nSPS) is 17.7. The lowest BCUT2D eigenvalue weighted by Crippen LogP contribution is -2.44. The molecule has 134 valence electrons. The van der Waals surface area contributed by atoms with Gasteiger partial charge in [0.2, 0.25) is 10.0 Å². The number of pyridine rings is 1. The van der Waals surface area contributed by atoms with Gasteiger partial charge in [0.15, 0.2) is 5.96 Å². The Kier molecular flexibility index (Phi) is 6.99. The first-order chi connectivity index (χ1) is 11.5. The summed E-state index contributed by atoms with van der Waals surface area (Å²) in [5.74, 6) is 1.24. The number of guanidine groups is 1. The summed E-state index contributed by atoms with van der Waals surface area (Å²) < 4.78 is 24.6. The number of nitrogens with one attached hydrogen (secondary N) is 2. The monoisotopic (exact) mass is 353 g/mol. The lowest BCUT2D eigenvalue weighted by Gasteiger charge is -2.30. The van der Waals surface area contributed by atoms with E-state index in [1.165, 1.54) is 6.26 Å². The number of piperidine rings is 1. The van der Waals surface area contributed by atoms with Crippen molar-refractivity contribution in [3.05, 3.63) is 30.1 Å². The summed E-state index contributed by atoms with van der Waals surface area (Å²) in [6, 6.07) is 5.90. The van der Waals surface area contributed by atoms with Gasteiger partial charge in [0.05, 0.1) is 6.26 Å². The predicted molar refractivity (Wildman–Crippen MR) is 96.4 cm³/mol. The molecular weight excluding hydrogens is 326 g/mol. The zero-order valence-electron chi connectivity index (χ0n) is 14.4. The van der Waals surface area contributed by atoms with Crippen LogP contribution in [-0.4, -0.2) is 63.1 Å². The quantitative estimate of drug-likeness (QED) is 0.573. The molecule has 0 bridgehead atoms. The standard InChI is InChI=1S/C16H27N5O2S/c1-17-16(19-10-6-15-5-3-4-9-18-15)20-13-14-7-11-21(12-8-14)24(2,22)23/h3-5,9,14H,6-8,10-13H2,1-2H3,(H2,17,19,20). The second kappa shape index (κ2) is 8.98. The van der Waals surface area contributed by atoms with Crippen LogP contribution >= 0.6 is 0 Å². The second-order valence-corrected chi connectivity index (χ2v) is 8.04. The number of sulfonamides is 1. The Hall–Kier alpha value is -1.67. The van der Waals surface area contributed by atoms with Crippen LogP contribution in [0.2, 0.25) is 0 Å². The molecule has 2 N–H and O–H groups in total. The zero-order valence-corrected chi connectivity index (χ0v) is 15.2. The fourth-order valence-corrected chi connectivity index (χ4v) is 3.64. The fraction of sp³-hybridized carbons (Fsp3) is 0.625. The van der Waals surface area contributed by atoms with Gasteiger partial charge in [0.1, 0.15) is 0 Å². The van der Waals surface area contributed by atoms with Crippen LogP contribution < -0.4 is 10.6 Å². The van der Waals surface area contributed by atoms with Gasteiger partial charge in [-0.2, -0.15) is 0 Å². The molecule has 0 spiro atoms. The lowest BCUT2D eigenvalue weighted by molar-refractivity contribution is 0.275. The molecule has 2 rings (SSSR count). The third-order valence-electron chi connectivity index (χ3n) is 4.22. The van der Waals surface area contributed by atoms with E-state index in [2.05, 4.69) is 20.6 Å². The molecule has 0 saturated carbocycles. The van der Waals surface area contributed by atoms with Crippen LogP contribution in [0.5, 0.6) is 0 Å². The van der Waals surface area contributed by atoms with Crippen LogP contribution in [0, 0.1) is 5.92 Å². The molecule has 1 aromatic rings. The Labute approximate surface area is 144 Å². The average molecular weight is 353 g/mol. The van der Waals surface area contributed by atoms with E-state index in [4.69, 9.17) is 0 Å². The van der Waals surface area contributed by atoms with Gasteiger partial charge < -0.3 is 10.6 Å². The van der Waals surface area contributed by atoms with Crippen LogP contribution in [0.3, 0.4) is 0 Å². The third kappa shape index (κ3) is 6.09. The highest BCUT2D eigenvalue weighted by atomic mass is 32.2. The molecule has 1 aliphatic heterocycles. The molecular formula is C16H27N5O2S. The summed E-state index contributed by atoms with van der Waals surface area (Å²) in [6.07, 6.45) is 5.68. The van der Waals surface area contributed by atoms with E-state index in [0.717, 1.165) is 44.0 Å². The van der Waals surface area contributed by atoms with Crippen LogP contribution in [0.1, 0.15) is 18.5 Å². The van der Waals surface area contributed by atoms with E-state index in [0.29, 0.717) is 19.0 Å². The highest BCUT2D eigenvalue weighted by molar-refractivity contribution is 7.88. The van der Waals surface area contributed by atoms with Crippen molar-refractivity contribution in [3.8, 4) is 0 Å². The van der Waals surface area contributed by atoms with Gasteiger partial charge >= 0.3 is 0 Å². The van der Waals surface area contributed by atoms with E-state index in [9.17, 15) is 8.42 Å². The van der Waals surface area contributed by atoms with Crippen molar-refractivity contribution < 1.29 is 8.42 Å². The summed E-state index contributed by atoms with van der Waals surface area (Å²) in [5, 5.41) is 6.61. The number of aromatic nitrogens is 1. The molecule has 7 nitrogen and oxygen atoms in total. The number of hydrogen-bond donors (Lipinski definition) is 2. The SMILES string of the molecule is CN=C(NCCc1ccccn1)NCC1CCN(S(C)(=O)=O)CC1. The summed E-state index contributed by atoms with van der Waals surface area (Å²) in [4.78, 5) is 8.52. The van der Waals surface area contributed by atoms with Crippen LogP contribution in [0.4, 0.5) is 0 Å². The minimum absolute atomic E-state index is 0.470. The molecule has 0 amide bonds. The molecule has 2 heterocycles. The number of aliphatic imine (C=N–C) groups is 1. The largest absolute Gasteiger partial charge is 0.356 e. The molecule has 0 aromatic carbocycles. The molecule has 0 unspecified atom stereocenters. The van der Waals surface area contributed by atoms with E-state index >= 15 is 0 Å². The number of nitrogens with zero attached hydrogens (tertiary/aromatic N) is 3. The Morgan fingerprint density at radius 3 is 2.67 bits per heavy atom.